The van der Waals surface area contributed by atoms with Gasteiger partial charge in [0.25, 0.3) is 5.91 Å². The van der Waals surface area contributed by atoms with Crippen molar-refractivity contribution in [2.24, 2.45) is 0 Å². The number of ether oxygens (including phenoxy) is 2. The fourth-order valence-corrected chi connectivity index (χ4v) is 2.17. The third-order valence-corrected chi connectivity index (χ3v) is 3.02. The predicted molar refractivity (Wildman–Crippen MR) is 73.6 cm³/mol. The van der Waals surface area contributed by atoms with Crippen LogP contribution in [0.2, 0.25) is 0 Å². The van der Waals surface area contributed by atoms with Crippen molar-refractivity contribution in [1.82, 2.24) is 5.32 Å². The third-order valence-electron chi connectivity index (χ3n) is 3.02. The summed E-state index contributed by atoms with van der Waals surface area (Å²) in [6, 6.07) is 7.61. The van der Waals surface area contributed by atoms with Crippen LogP contribution in [0.3, 0.4) is 0 Å². The van der Waals surface area contributed by atoms with Crippen molar-refractivity contribution in [3.63, 3.8) is 0 Å². The number of benzene rings is 1. The molecule has 1 N–H and O–H groups in total. The van der Waals surface area contributed by atoms with Crippen LogP contribution in [-0.2, 0) is 9.53 Å². The average Bonchev–Trinajstić information content (AvgIpc) is 2.43. The number of anilines is 1. The van der Waals surface area contributed by atoms with Crippen LogP contribution in [0.5, 0.6) is 5.75 Å². The molecule has 0 bridgehead atoms. The van der Waals surface area contributed by atoms with E-state index in [1.54, 1.807) is 4.90 Å². The van der Waals surface area contributed by atoms with E-state index in [0.29, 0.717) is 26.3 Å². The molecular weight excluding hydrogens is 244 g/mol. The third kappa shape index (κ3) is 3.05. The summed E-state index contributed by atoms with van der Waals surface area (Å²) in [6.07, 6.45) is -0.423. The Bertz CT molecular complexity index is 434. The number of nitrogens with one attached hydrogen (secondary N) is 1. The summed E-state index contributed by atoms with van der Waals surface area (Å²) in [6.45, 7) is 4.13. The number of carbonyl (C=O) groups is 1. The monoisotopic (exact) mass is 264 g/mol. The summed E-state index contributed by atoms with van der Waals surface area (Å²) in [5, 5.41) is 2.98. The maximum atomic E-state index is 12.4. The first-order chi connectivity index (χ1) is 9.27. The van der Waals surface area contributed by atoms with Crippen LogP contribution in [0.25, 0.3) is 0 Å². The van der Waals surface area contributed by atoms with Gasteiger partial charge in [0, 0.05) is 13.1 Å². The van der Waals surface area contributed by atoms with E-state index >= 15 is 0 Å². The van der Waals surface area contributed by atoms with Crippen molar-refractivity contribution in [1.29, 1.82) is 0 Å². The number of para-hydroxylation sites is 2. The van der Waals surface area contributed by atoms with Crippen LogP contribution in [-0.4, -0.2) is 45.4 Å². The summed E-state index contributed by atoms with van der Waals surface area (Å²) >= 11 is 0. The van der Waals surface area contributed by atoms with E-state index in [-0.39, 0.29) is 5.91 Å². The fraction of sp³-hybridized carbons (Fsp3) is 0.500. The molecule has 0 saturated carbocycles. The Balaban J connectivity index is 2.22. The SMILES string of the molecule is CCOc1ccccc1N1CCOC(CNC)C1=O. The molecule has 1 amide bonds. The van der Waals surface area contributed by atoms with Gasteiger partial charge in [-0.05, 0) is 26.1 Å². The van der Waals surface area contributed by atoms with E-state index in [2.05, 4.69) is 5.32 Å². The van der Waals surface area contributed by atoms with Gasteiger partial charge in [-0.1, -0.05) is 12.1 Å². The zero-order valence-electron chi connectivity index (χ0n) is 11.4. The highest BCUT2D eigenvalue weighted by Gasteiger charge is 2.31. The molecule has 1 aliphatic rings. The summed E-state index contributed by atoms with van der Waals surface area (Å²) in [7, 11) is 1.81. The molecule has 0 aromatic heterocycles. The molecule has 5 nitrogen and oxygen atoms in total. The first-order valence-electron chi connectivity index (χ1n) is 6.57. The van der Waals surface area contributed by atoms with E-state index < -0.39 is 6.10 Å². The van der Waals surface area contributed by atoms with Crippen LogP contribution in [0, 0.1) is 0 Å². The fourth-order valence-electron chi connectivity index (χ4n) is 2.17. The second-order valence-electron chi connectivity index (χ2n) is 4.31. The Labute approximate surface area is 113 Å². The lowest BCUT2D eigenvalue weighted by atomic mass is 10.2. The Morgan fingerprint density at radius 1 is 1.47 bits per heavy atom. The molecule has 0 aliphatic carbocycles. The maximum Gasteiger partial charge on any atom is 0.257 e. The van der Waals surface area contributed by atoms with Gasteiger partial charge in [0.15, 0.2) is 0 Å². The first kappa shape index (κ1) is 13.8. The van der Waals surface area contributed by atoms with Gasteiger partial charge in [0.1, 0.15) is 11.9 Å². The Morgan fingerprint density at radius 2 is 2.26 bits per heavy atom. The second-order valence-corrected chi connectivity index (χ2v) is 4.31. The van der Waals surface area contributed by atoms with E-state index in [9.17, 15) is 4.79 Å². The zero-order chi connectivity index (χ0) is 13.7. The Morgan fingerprint density at radius 3 is 3.00 bits per heavy atom. The topological polar surface area (TPSA) is 50.8 Å². The Kier molecular flexibility index (Phi) is 4.76. The van der Waals surface area contributed by atoms with Gasteiger partial charge < -0.3 is 19.7 Å². The lowest BCUT2D eigenvalue weighted by Gasteiger charge is -2.33. The van der Waals surface area contributed by atoms with E-state index in [1.165, 1.54) is 0 Å². The number of hydrogen-bond acceptors (Lipinski definition) is 4. The quantitative estimate of drug-likeness (QED) is 0.863. The highest BCUT2D eigenvalue weighted by atomic mass is 16.5. The molecule has 1 fully saturated rings. The van der Waals surface area contributed by atoms with Crippen LogP contribution in [0.4, 0.5) is 5.69 Å². The average molecular weight is 264 g/mol. The number of carbonyl (C=O) groups excluding carboxylic acids is 1. The van der Waals surface area contributed by atoms with Crippen molar-refractivity contribution in [3.05, 3.63) is 24.3 Å². The van der Waals surface area contributed by atoms with Gasteiger partial charge >= 0.3 is 0 Å². The van der Waals surface area contributed by atoms with Crippen LogP contribution in [0.1, 0.15) is 6.92 Å². The van der Waals surface area contributed by atoms with Gasteiger partial charge in [-0.25, -0.2) is 0 Å². The molecular formula is C14H20N2O3. The molecule has 1 unspecified atom stereocenters. The van der Waals surface area contributed by atoms with Crippen molar-refractivity contribution in [2.75, 3.05) is 38.3 Å². The van der Waals surface area contributed by atoms with E-state index in [4.69, 9.17) is 9.47 Å². The van der Waals surface area contributed by atoms with Crippen LogP contribution in [0.15, 0.2) is 24.3 Å². The number of morpholine rings is 1. The van der Waals surface area contributed by atoms with Crippen LogP contribution < -0.4 is 15.0 Å². The van der Waals surface area contributed by atoms with Gasteiger partial charge in [-0.3, -0.25) is 4.79 Å². The number of rotatable bonds is 5. The standard InChI is InChI=1S/C14H20N2O3/c1-3-18-12-7-5-4-6-11(12)16-8-9-19-13(10-15-2)14(16)17/h4-7,13,15H,3,8-10H2,1-2H3. The first-order valence-corrected chi connectivity index (χ1v) is 6.57. The van der Waals surface area contributed by atoms with Crippen molar-refractivity contribution >= 4 is 11.6 Å². The molecule has 19 heavy (non-hydrogen) atoms. The van der Waals surface area contributed by atoms with E-state index in [1.807, 2.05) is 38.2 Å². The number of nitrogens with zero attached hydrogens (tertiary/aromatic N) is 1. The highest BCUT2D eigenvalue weighted by molar-refractivity contribution is 5.98. The van der Waals surface area contributed by atoms with Crippen molar-refractivity contribution < 1.29 is 14.3 Å². The smallest absolute Gasteiger partial charge is 0.257 e. The van der Waals surface area contributed by atoms with E-state index in [0.717, 1.165) is 11.4 Å². The molecule has 1 saturated heterocycles. The molecule has 2 rings (SSSR count). The molecule has 1 atom stereocenters. The van der Waals surface area contributed by atoms with Gasteiger partial charge in [0.2, 0.25) is 0 Å². The normalized spacial score (nSPS) is 19.6. The summed E-state index contributed by atoms with van der Waals surface area (Å²) in [4.78, 5) is 14.1. The number of amides is 1. The van der Waals surface area contributed by atoms with Gasteiger partial charge in [-0.2, -0.15) is 0 Å². The molecule has 1 heterocycles. The zero-order valence-corrected chi connectivity index (χ0v) is 11.4. The summed E-state index contributed by atoms with van der Waals surface area (Å²) < 4.78 is 11.1. The Hall–Kier alpha value is -1.59. The minimum Gasteiger partial charge on any atom is -0.492 e. The number of likely N-dealkylation sites (N-methyl/N-ethyl adjacent to an activating group) is 1. The molecule has 1 aliphatic heterocycles. The number of hydrogen-bond donors (Lipinski definition) is 1. The molecule has 1 aromatic rings. The lowest BCUT2D eigenvalue weighted by Crippen LogP contribution is -2.51. The van der Waals surface area contributed by atoms with Crippen molar-refractivity contribution in [3.8, 4) is 5.75 Å². The molecule has 104 valence electrons. The highest BCUT2D eigenvalue weighted by Crippen LogP contribution is 2.29. The second kappa shape index (κ2) is 6.54. The predicted octanol–water partition coefficient (Wildman–Crippen LogP) is 1.04. The van der Waals surface area contributed by atoms with Crippen LogP contribution >= 0.6 is 0 Å². The molecule has 0 spiro atoms. The summed E-state index contributed by atoms with van der Waals surface area (Å²) in [5.41, 5.74) is 0.818. The minimum absolute atomic E-state index is 0.0206. The van der Waals surface area contributed by atoms with Crippen molar-refractivity contribution in [2.45, 2.75) is 13.0 Å². The van der Waals surface area contributed by atoms with Gasteiger partial charge in [0.05, 0.1) is 18.9 Å². The maximum absolute atomic E-state index is 12.4. The minimum atomic E-state index is -0.423. The molecule has 1 aromatic carbocycles. The molecule has 0 radical (unpaired) electrons. The molecule has 5 heteroatoms. The lowest BCUT2D eigenvalue weighted by molar-refractivity contribution is -0.133. The summed E-state index contributed by atoms with van der Waals surface area (Å²) in [5.74, 6) is 0.719. The largest absolute Gasteiger partial charge is 0.492 e. The van der Waals surface area contributed by atoms with Gasteiger partial charge in [-0.15, -0.1) is 0 Å².